The first-order chi connectivity index (χ1) is 6.20. The fourth-order valence-corrected chi connectivity index (χ4v) is 1.27. The minimum Gasteiger partial charge on any atom is -0.423 e. The number of nitrogens with zero attached hydrogens (tertiary/aromatic N) is 1. The maximum atomic E-state index is 5.90. The zero-order chi connectivity index (χ0) is 9.42. The van der Waals surface area contributed by atoms with Gasteiger partial charge in [-0.15, -0.1) is 0 Å². The molecule has 13 heavy (non-hydrogen) atoms. The zero-order valence-electron chi connectivity index (χ0n) is 6.97. The highest BCUT2D eigenvalue weighted by atomic mass is 35.5. The van der Waals surface area contributed by atoms with Crippen LogP contribution < -0.4 is 11.3 Å². The number of aromatic nitrogens is 1. The van der Waals surface area contributed by atoms with E-state index >= 15 is 0 Å². The first kappa shape index (κ1) is 8.34. The van der Waals surface area contributed by atoms with Crippen molar-refractivity contribution in [2.75, 3.05) is 5.43 Å². The van der Waals surface area contributed by atoms with Gasteiger partial charge in [0.2, 0.25) is 0 Å². The number of nitrogens with one attached hydrogen (secondary N) is 1. The smallest absolute Gasteiger partial charge is 0.310 e. The lowest BCUT2D eigenvalue weighted by molar-refractivity contribution is 0.617. The summed E-state index contributed by atoms with van der Waals surface area (Å²) in [5.41, 5.74) is 4.67. The Hall–Kier alpha value is -1.26. The van der Waals surface area contributed by atoms with Crippen LogP contribution in [0, 0.1) is 6.92 Å². The van der Waals surface area contributed by atoms with Gasteiger partial charge in [-0.3, -0.25) is 5.43 Å². The van der Waals surface area contributed by atoms with Crippen molar-refractivity contribution in [2.24, 2.45) is 5.84 Å². The van der Waals surface area contributed by atoms with Crippen molar-refractivity contribution in [3.63, 3.8) is 0 Å². The lowest BCUT2D eigenvalue weighted by Crippen LogP contribution is -2.06. The van der Waals surface area contributed by atoms with E-state index in [4.69, 9.17) is 21.9 Å². The Morgan fingerprint density at radius 1 is 1.54 bits per heavy atom. The fraction of sp³-hybridized carbons (Fsp3) is 0.125. The van der Waals surface area contributed by atoms with Crippen LogP contribution in [0.4, 0.5) is 6.01 Å². The zero-order valence-corrected chi connectivity index (χ0v) is 7.72. The van der Waals surface area contributed by atoms with E-state index in [0.29, 0.717) is 10.6 Å². The van der Waals surface area contributed by atoms with Gasteiger partial charge in [-0.05, 0) is 18.6 Å². The number of halogens is 1. The van der Waals surface area contributed by atoms with Crippen LogP contribution in [0.1, 0.15) is 5.56 Å². The fourth-order valence-electron chi connectivity index (χ4n) is 1.12. The van der Waals surface area contributed by atoms with E-state index in [1.54, 1.807) is 6.07 Å². The molecule has 0 atom stereocenters. The van der Waals surface area contributed by atoms with E-state index < -0.39 is 0 Å². The molecule has 2 rings (SSSR count). The number of rotatable bonds is 1. The molecule has 68 valence electrons. The van der Waals surface area contributed by atoms with Gasteiger partial charge in [-0.2, -0.15) is 4.98 Å². The Labute approximate surface area is 79.7 Å². The van der Waals surface area contributed by atoms with Crippen molar-refractivity contribution in [3.05, 3.63) is 22.7 Å². The lowest BCUT2D eigenvalue weighted by atomic mass is 10.2. The average molecular weight is 198 g/mol. The molecule has 0 unspecified atom stereocenters. The summed E-state index contributed by atoms with van der Waals surface area (Å²) in [7, 11) is 0. The number of nitrogen functional groups attached to an aromatic ring is 1. The number of hydrazine groups is 1. The number of aryl methyl sites for hydroxylation is 1. The minimum atomic E-state index is 0.289. The maximum Gasteiger partial charge on any atom is 0.310 e. The van der Waals surface area contributed by atoms with Gasteiger partial charge in [0.05, 0.1) is 0 Å². The Kier molecular flexibility index (Phi) is 1.86. The third-order valence-corrected chi connectivity index (χ3v) is 2.20. The standard InChI is InChI=1S/C8H8ClN3O/c1-4-2-6-7(3-5(4)9)13-8(11-6)12-10/h2-3H,10H2,1H3,(H,11,12). The highest BCUT2D eigenvalue weighted by molar-refractivity contribution is 6.32. The highest BCUT2D eigenvalue weighted by Crippen LogP contribution is 2.25. The van der Waals surface area contributed by atoms with Gasteiger partial charge in [0.1, 0.15) is 5.52 Å². The molecule has 2 aromatic rings. The van der Waals surface area contributed by atoms with E-state index in [0.717, 1.165) is 11.1 Å². The third kappa shape index (κ3) is 1.34. The number of anilines is 1. The maximum absolute atomic E-state index is 5.90. The Balaban J connectivity index is 2.70. The summed E-state index contributed by atoms with van der Waals surface area (Å²) in [6, 6.07) is 3.86. The van der Waals surface area contributed by atoms with Crippen molar-refractivity contribution < 1.29 is 4.42 Å². The normalized spacial score (nSPS) is 10.7. The molecule has 1 aromatic heterocycles. The van der Waals surface area contributed by atoms with E-state index in [1.807, 2.05) is 13.0 Å². The van der Waals surface area contributed by atoms with Crippen LogP contribution in [0.2, 0.25) is 5.02 Å². The van der Waals surface area contributed by atoms with Crippen molar-refractivity contribution in [2.45, 2.75) is 6.92 Å². The summed E-state index contributed by atoms with van der Waals surface area (Å²) in [5, 5.41) is 0.659. The second kappa shape index (κ2) is 2.90. The van der Waals surface area contributed by atoms with Gasteiger partial charge in [-0.1, -0.05) is 11.6 Å². The van der Waals surface area contributed by atoms with Crippen molar-refractivity contribution in [1.82, 2.24) is 4.98 Å². The Bertz CT molecular complexity index is 413. The average Bonchev–Trinajstić information content (AvgIpc) is 2.48. The Morgan fingerprint density at radius 3 is 3.00 bits per heavy atom. The first-order valence-electron chi connectivity index (χ1n) is 3.74. The van der Waals surface area contributed by atoms with Crippen LogP contribution in [0.15, 0.2) is 16.5 Å². The number of nitrogens with two attached hydrogens (primary N) is 1. The monoisotopic (exact) mass is 197 g/mol. The molecule has 5 heteroatoms. The molecule has 0 saturated carbocycles. The summed E-state index contributed by atoms with van der Waals surface area (Å²) in [6.07, 6.45) is 0. The van der Waals surface area contributed by atoms with Crippen molar-refractivity contribution in [3.8, 4) is 0 Å². The molecule has 3 N–H and O–H groups in total. The van der Waals surface area contributed by atoms with Crippen LogP contribution in [-0.2, 0) is 0 Å². The second-order valence-corrected chi connectivity index (χ2v) is 3.14. The van der Waals surface area contributed by atoms with Crippen LogP contribution >= 0.6 is 11.6 Å². The minimum absolute atomic E-state index is 0.289. The van der Waals surface area contributed by atoms with Crippen LogP contribution in [0.25, 0.3) is 11.1 Å². The van der Waals surface area contributed by atoms with Crippen LogP contribution in [-0.4, -0.2) is 4.98 Å². The van der Waals surface area contributed by atoms with Gasteiger partial charge >= 0.3 is 6.01 Å². The largest absolute Gasteiger partial charge is 0.423 e. The van der Waals surface area contributed by atoms with Crippen LogP contribution in [0.3, 0.4) is 0 Å². The Morgan fingerprint density at radius 2 is 2.31 bits per heavy atom. The molecule has 0 radical (unpaired) electrons. The molecule has 0 aliphatic rings. The predicted octanol–water partition coefficient (Wildman–Crippen LogP) is 2.08. The topological polar surface area (TPSA) is 64.1 Å². The molecule has 1 heterocycles. The van der Waals surface area contributed by atoms with Gasteiger partial charge < -0.3 is 4.42 Å². The molecule has 0 aliphatic heterocycles. The van der Waals surface area contributed by atoms with Crippen molar-refractivity contribution in [1.29, 1.82) is 0 Å². The van der Waals surface area contributed by atoms with E-state index in [1.165, 1.54) is 0 Å². The summed E-state index contributed by atoms with van der Waals surface area (Å²) in [6.45, 7) is 1.91. The van der Waals surface area contributed by atoms with E-state index in [-0.39, 0.29) is 6.01 Å². The van der Waals surface area contributed by atoms with E-state index in [2.05, 4.69) is 10.4 Å². The molecule has 0 saturated heterocycles. The number of hydrogen-bond acceptors (Lipinski definition) is 4. The molecule has 0 fully saturated rings. The van der Waals surface area contributed by atoms with Gasteiger partial charge in [0.15, 0.2) is 5.58 Å². The lowest BCUT2D eigenvalue weighted by Gasteiger charge is -1.93. The molecule has 4 nitrogen and oxygen atoms in total. The number of hydrogen-bond donors (Lipinski definition) is 2. The molecular formula is C8H8ClN3O. The van der Waals surface area contributed by atoms with Gasteiger partial charge in [-0.25, -0.2) is 5.84 Å². The summed E-state index contributed by atoms with van der Waals surface area (Å²) in [5.74, 6) is 5.15. The SMILES string of the molecule is Cc1cc2nc(NN)oc2cc1Cl. The number of benzene rings is 1. The molecule has 1 aromatic carbocycles. The molecule has 0 aliphatic carbocycles. The predicted molar refractivity (Wildman–Crippen MR) is 51.6 cm³/mol. The van der Waals surface area contributed by atoms with Gasteiger partial charge in [0, 0.05) is 11.1 Å². The van der Waals surface area contributed by atoms with Crippen LogP contribution in [0.5, 0.6) is 0 Å². The quantitative estimate of drug-likeness (QED) is 0.543. The summed E-state index contributed by atoms with van der Waals surface area (Å²) < 4.78 is 5.22. The second-order valence-electron chi connectivity index (χ2n) is 2.73. The third-order valence-electron chi connectivity index (χ3n) is 1.79. The highest BCUT2D eigenvalue weighted by Gasteiger charge is 2.06. The summed E-state index contributed by atoms with van der Waals surface area (Å²) >= 11 is 5.90. The van der Waals surface area contributed by atoms with E-state index in [9.17, 15) is 0 Å². The number of fused-ring (bicyclic) bond motifs is 1. The molecule has 0 spiro atoms. The van der Waals surface area contributed by atoms with Crippen molar-refractivity contribution >= 4 is 28.7 Å². The molecule has 0 amide bonds. The number of oxazole rings is 1. The van der Waals surface area contributed by atoms with Gasteiger partial charge in [0.25, 0.3) is 0 Å². The molecular weight excluding hydrogens is 190 g/mol. The summed E-state index contributed by atoms with van der Waals surface area (Å²) in [4.78, 5) is 4.07. The molecule has 0 bridgehead atoms. The first-order valence-corrected chi connectivity index (χ1v) is 4.12.